The molecule has 1 saturated carbocycles. The fraction of sp³-hybridized carbons (Fsp3) is 0.889. The van der Waals surface area contributed by atoms with Crippen LogP contribution in [-0.2, 0) is 9.53 Å². The molecule has 0 spiro atoms. The number of nitrogens with two attached hydrogens (primary N) is 1. The predicted octanol–water partition coefficient (Wildman–Crippen LogP) is 1.07. The van der Waals surface area contributed by atoms with E-state index >= 15 is 0 Å². The molecule has 1 fully saturated rings. The highest BCUT2D eigenvalue weighted by Gasteiger charge is 2.24. The van der Waals surface area contributed by atoms with Crippen molar-refractivity contribution >= 4 is 5.97 Å². The van der Waals surface area contributed by atoms with Gasteiger partial charge in [-0.15, -0.1) is 0 Å². The van der Waals surface area contributed by atoms with Gasteiger partial charge in [0.15, 0.2) is 0 Å². The zero-order valence-electron chi connectivity index (χ0n) is 7.58. The minimum Gasteiger partial charge on any atom is -0.464 e. The first-order valence-corrected chi connectivity index (χ1v) is 4.66. The van der Waals surface area contributed by atoms with Gasteiger partial charge in [0.05, 0.1) is 6.61 Å². The Kier molecular flexibility index (Phi) is 3.53. The smallest absolute Gasteiger partial charge is 0.322 e. The topological polar surface area (TPSA) is 52.3 Å². The first kappa shape index (κ1) is 9.52. The van der Waals surface area contributed by atoms with Crippen molar-refractivity contribution in [3.8, 4) is 0 Å². The number of carbonyl (C=O) groups excluding carboxylic acids is 1. The van der Waals surface area contributed by atoms with Crippen LogP contribution in [0.3, 0.4) is 0 Å². The van der Waals surface area contributed by atoms with Gasteiger partial charge in [-0.25, -0.2) is 0 Å². The molecule has 1 aliphatic carbocycles. The summed E-state index contributed by atoms with van der Waals surface area (Å²) in [6.45, 7) is 2.59. The van der Waals surface area contributed by atoms with Crippen LogP contribution in [0.2, 0.25) is 0 Å². The van der Waals surface area contributed by atoms with E-state index in [1.54, 1.807) is 0 Å². The Bertz CT molecular complexity index is 155. The maximum absolute atomic E-state index is 11.1. The highest BCUT2D eigenvalue weighted by molar-refractivity contribution is 5.75. The average molecular weight is 171 g/mol. The van der Waals surface area contributed by atoms with Crippen LogP contribution in [0.1, 0.15) is 32.6 Å². The summed E-state index contributed by atoms with van der Waals surface area (Å²) in [5, 5.41) is 0. The fourth-order valence-electron chi connectivity index (χ4n) is 1.02. The van der Waals surface area contributed by atoms with Crippen molar-refractivity contribution in [1.29, 1.82) is 0 Å². The van der Waals surface area contributed by atoms with Crippen molar-refractivity contribution in [3.05, 3.63) is 0 Å². The molecule has 3 heteroatoms. The van der Waals surface area contributed by atoms with Crippen LogP contribution in [0.4, 0.5) is 0 Å². The van der Waals surface area contributed by atoms with E-state index in [-0.39, 0.29) is 5.97 Å². The third-order valence-corrected chi connectivity index (χ3v) is 2.06. The van der Waals surface area contributed by atoms with Crippen molar-refractivity contribution < 1.29 is 9.53 Å². The Labute approximate surface area is 73.3 Å². The van der Waals surface area contributed by atoms with E-state index in [0.29, 0.717) is 12.5 Å². The minimum absolute atomic E-state index is 0.233. The lowest BCUT2D eigenvalue weighted by Crippen LogP contribution is -2.32. The quantitative estimate of drug-likeness (QED) is 0.629. The molecule has 0 aromatic carbocycles. The van der Waals surface area contributed by atoms with Gasteiger partial charge in [0.25, 0.3) is 0 Å². The van der Waals surface area contributed by atoms with Crippen LogP contribution < -0.4 is 5.73 Å². The zero-order valence-corrected chi connectivity index (χ0v) is 7.58. The SMILES string of the molecule is CCCC(N)C(=O)OCC1CC1. The molecule has 1 rings (SSSR count). The molecule has 70 valence electrons. The molecule has 0 aliphatic heterocycles. The van der Waals surface area contributed by atoms with Gasteiger partial charge in [0, 0.05) is 0 Å². The van der Waals surface area contributed by atoms with Crippen LogP contribution in [-0.4, -0.2) is 18.6 Å². The Balaban J connectivity index is 2.07. The highest BCUT2D eigenvalue weighted by Crippen LogP contribution is 2.28. The molecule has 2 N–H and O–H groups in total. The molecule has 12 heavy (non-hydrogen) atoms. The second kappa shape index (κ2) is 4.45. The van der Waals surface area contributed by atoms with Gasteiger partial charge in [0.1, 0.15) is 6.04 Å². The van der Waals surface area contributed by atoms with E-state index in [1.165, 1.54) is 12.8 Å². The summed E-state index contributed by atoms with van der Waals surface area (Å²) in [7, 11) is 0. The fourth-order valence-corrected chi connectivity index (χ4v) is 1.02. The van der Waals surface area contributed by atoms with Crippen molar-refractivity contribution in [3.63, 3.8) is 0 Å². The van der Waals surface area contributed by atoms with Crippen LogP contribution in [0, 0.1) is 5.92 Å². The van der Waals surface area contributed by atoms with Gasteiger partial charge >= 0.3 is 5.97 Å². The Morgan fingerprint density at radius 2 is 2.33 bits per heavy atom. The minimum atomic E-state index is -0.409. The molecule has 0 aromatic rings. The summed E-state index contributed by atoms with van der Waals surface area (Å²) in [6.07, 6.45) is 4.07. The number of rotatable bonds is 5. The maximum atomic E-state index is 11.1. The summed E-state index contributed by atoms with van der Waals surface area (Å²) in [4.78, 5) is 11.1. The second-order valence-electron chi connectivity index (χ2n) is 3.47. The van der Waals surface area contributed by atoms with Gasteiger partial charge in [0.2, 0.25) is 0 Å². The summed E-state index contributed by atoms with van der Waals surface area (Å²) in [5.74, 6) is 0.395. The lowest BCUT2D eigenvalue weighted by molar-refractivity contribution is -0.145. The lowest BCUT2D eigenvalue weighted by atomic mass is 10.2. The standard InChI is InChI=1S/C9H17NO2/c1-2-3-8(10)9(11)12-6-7-4-5-7/h7-8H,2-6,10H2,1H3. The highest BCUT2D eigenvalue weighted by atomic mass is 16.5. The molecule has 0 radical (unpaired) electrons. The molecule has 1 atom stereocenters. The first-order valence-electron chi connectivity index (χ1n) is 4.66. The van der Waals surface area contributed by atoms with Gasteiger partial charge in [-0.05, 0) is 25.2 Å². The molecular weight excluding hydrogens is 154 g/mol. The largest absolute Gasteiger partial charge is 0.464 e. The number of hydrogen-bond acceptors (Lipinski definition) is 3. The molecule has 0 saturated heterocycles. The van der Waals surface area contributed by atoms with Gasteiger partial charge in [-0.1, -0.05) is 13.3 Å². The summed E-state index contributed by atoms with van der Waals surface area (Å²) < 4.78 is 5.02. The molecule has 1 unspecified atom stereocenters. The number of carbonyl (C=O) groups is 1. The third-order valence-electron chi connectivity index (χ3n) is 2.06. The summed E-state index contributed by atoms with van der Waals surface area (Å²) >= 11 is 0. The van der Waals surface area contributed by atoms with E-state index in [0.717, 1.165) is 12.8 Å². The van der Waals surface area contributed by atoms with Crippen LogP contribution in [0.15, 0.2) is 0 Å². The van der Waals surface area contributed by atoms with Crippen LogP contribution in [0.5, 0.6) is 0 Å². The van der Waals surface area contributed by atoms with E-state index in [1.807, 2.05) is 6.92 Å². The number of ether oxygens (including phenoxy) is 1. The normalized spacial score (nSPS) is 18.8. The second-order valence-corrected chi connectivity index (χ2v) is 3.47. The first-order chi connectivity index (χ1) is 5.74. The van der Waals surface area contributed by atoms with Crippen LogP contribution >= 0.6 is 0 Å². The summed E-state index contributed by atoms with van der Waals surface area (Å²) in [5.41, 5.74) is 5.56. The Morgan fingerprint density at radius 1 is 1.67 bits per heavy atom. The maximum Gasteiger partial charge on any atom is 0.322 e. The molecule has 1 aliphatic rings. The van der Waals surface area contributed by atoms with Gasteiger partial charge in [-0.2, -0.15) is 0 Å². The van der Waals surface area contributed by atoms with Crippen molar-refractivity contribution in [2.45, 2.75) is 38.6 Å². The molecular formula is C9H17NO2. The van der Waals surface area contributed by atoms with Gasteiger partial charge in [-0.3, -0.25) is 4.79 Å². The molecule has 0 amide bonds. The summed E-state index contributed by atoms with van der Waals surface area (Å²) in [6, 6.07) is -0.409. The number of hydrogen-bond donors (Lipinski definition) is 1. The van der Waals surface area contributed by atoms with E-state index < -0.39 is 6.04 Å². The molecule has 0 aromatic heterocycles. The van der Waals surface area contributed by atoms with Crippen molar-refractivity contribution in [2.75, 3.05) is 6.61 Å². The molecule has 0 bridgehead atoms. The molecule has 0 heterocycles. The molecule has 3 nitrogen and oxygen atoms in total. The number of esters is 1. The predicted molar refractivity (Wildman–Crippen MR) is 46.6 cm³/mol. The van der Waals surface area contributed by atoms with Crippen LogP contribution in [0.25, 0.3) is 0 Å². The third kappa shape index (κ3) is 3.22. The Hall–Kier alpha value is -0.570. The zero-order chi connectivity index (χ0) is 8.97. The monoisotopic (exact) mass is 171 g/mol. The average Bonchev–Trinajstić information content (AvgIpc) is 2.83. The van der Waals surface area contributed by atoms with E-state index in [9.17, 15) is 4.79 Å². The van der Waals surface area contributed by atoms with Crippen molar-refractivity contribution in [1.82, 2.24) is 0 Å². The Morgan fingerprint density at radius 3 is 2.83 bits per heavy atom. The lowest BCUT2D eigenvalue weighted by Gasteiger charge is -2.09. The van der Waals surface area contributed by atoms with Crippen molar-refractivity contribution in [2.24, 2.45) is 11.7 Å². The van der Waals surface area contributed by atoms with E-state index in [2.05, 4.69) is 0 Å². The van der Waals surface area contributed by atoms with E-state index in [4.69, 9.17) is 10.5 Å². The van der Waals surface area contributed by atoms with Gasteiger partial charge < -0.3 is 10.5 Å².